The Hall–Kier alpha value is -2.89. The van der Waals surface area contributed by atoms with Gasteiger partial charge in [0.25, 0.3) is 0 Å². The summed E-state index contributed by atoms with van der Waals surface area (Å²) in [5, 5.41) is 17.5. The number of aromatic nitrogens is 2. The van der Waals surface area contributed by atoms with Gasteiger partial charge in [0.2, 0.25) is 0 Å². The van der Waals surface area contributed by atoms with Gasteiger partial charge in [0, 0.05) is 6.42 Å². The number of hydrogen-bond donors (Lipinski definition) is 2. The van der Waals surface area contributed by atoms with E-state index in [-0.39, 0.29) is 0 Å². The van der Waals surface area contributed by atoms with Crippen LogP contribution in [0, 0.1) is 0 Å². The number of para-hydroxylation sites is 1. The average Bonchev–Trinajstić information content (AvgIpc) is 2.50. The number of hydrogen-bond acceptors (Lipinski definition) is 5. The molecule has 0 bridgehead atoms. The van der Waals surface area contributed by atoms with E-state index in [0.29, 0.717) is 30.2 Å². The van der Waals surface area contributed by atoms with E-state index in [2.05, 4.69) is 9.97 Å². The second kappa shape index (κ2) is 7.04. The zero-order valence-corrected chi connectivity index (χ0v) is 11.1. The van der Waals surface area contributed by atoms with Gasteiger partial charge in [-0.15, -0.1) is 0 Å². The quantitative estimate of drug-likeness (QED) is 0.626. The van der Waals surface area contributed by atoms with Crippen LogP contribution in [-0.2, 0) is 11.2 Å². The van der Waals surface area contributed by atoms with Crippen molar-refractivity contribution in [2.24, 2.45) is 0 Å². The molecule has 2 rings (SSSR count). The molecule has 1 heterocycles. The van der Waals surface area contributed by atoms with Gasteiger partial charge in [-0.2, -0.15) is 0 Å². The van der Waals surface area contributed by atoms with Crippen molar-refractivity contribution in [3.63, 3.8) is 0 Å². The fraction of sp³-hybridized carbons (Fsp3) is 0.133. The lowest BCUT2D eigenvalue weighted by Crippen LogP contribution is -2.00. The molecule has 0 aliphatic rings. The number of ether oxygens (including phenoxy) is 1. The minimum atomic E-state index is -1.34. The molecule has 0 radical (unpaired) electrons. The Morgan fingerprint density at radius 3 is 2.38 bits per heavy atom. The van der Waals surface area contributed by atoms with Crippen LogP contribution in [-0.4, -0.2) is 26.2 Å². The molecular weight excluding hydrogens is 272 g/mol. The van der Waals surface area contributed by atoms with Gasteiger partial charge in [0.1, 0.15) is 11.6 Å². The first-order valence-corrected chi connectivity index (χ1v) is 6.31. The molecule has 6 nitrogen and oxygen atoms in total. The van der Waals surface area contributed by atoms with Crippen LogP contribution in [0.4, 0.5) is 0 Å². The van der Waals surface area contributed by atoms with E-state index in [0.717, 1.165) is 0 Å². The Kier molecular flexibility index (Phi) is 4.87. The molecule has 1 aromatic heterocycles. The van der Waals surface area contributed by atoms with Crippen LogP contribution in [0.25, 0.3) is 0 Å². The second-order valence-electron chi connectivity index (χ2n) is 4.18. The molecule has 0 saturated heterocycles. The molecule has 6 heteroatoms. The molecule has 1 aromatic carbocycles. The highest BCUT2D eigenvalue weighted by atomic mass is 16.5. The maximum absolute atomic E-state index is 10.4. The highest BCUT2D eigenvalue weighted by Gasteiger charge is 2.03. The molecule has 0 unspecified atom stereocenters. The van der Waals surface area contributed by atoms with Crippen LogP contribution in [0.1, 0.15) is 12.2 Å². The first-order valence-electron chi connectivity index (χ1n) is 6.31. The highest BCUT2D eigenvalue weighted by Crippen LogP contribution is 2.18. The van der Waals surface area contributed by atoms with Crippen molar-refractivity contribution in [1.29, 1.82) is 0 Å². The van der Waals surface area contributed by atoms with E-state index in [1.807, 2.05) is 30.3 Å². The zero-order valence-electron chi connectivity index (χ0n) is 11.1. The topological polar surface area (TPSA) is 92.5 Å². The van der Waals surface area contributed by atoms with Gasteiger partial charge in [-0.25, -0.2) is 14.8 Å². The Labute approximate surface area is 121 Å². The number of aliphatic hydroxyl groups is 1. The van der Waals surface area contributed by atoms with Gasteiger partial charge >= 0.3 is 5.97 Å². The maximum Gasteiger partial charge on any atom is 0.370 e. The summed E-state index contributed by atoms with van der Waals surface area (Å²) in [6, 6.07) is 9.28. The van der Waals surface area contributed by atoms with E-state index in [1.54, 1.807) is 12.4 Å². The van der Waals surface area contributed by atoms with Crippen LogP contribution in [0.15, 0.2) is 54.6 Å². The summed E-state index contributed by atoms with van der Waals surface area (Å²) >= 11 is 0. The number of aliphatic hydroxyl groups excluding tert-OH is 1. The molecule has 0 saturated carbocycles. The molecule has 0 fully saturated rings. The first-order chi connectivity index (χ1) is 10.1. The molecule has 21 heavy (non-hydrogen) atoms. The van der Waals surface area contributed by atoms with Crippen molar-refractivity contribution in [2.75, 3.05) is 0 Å². The van der Waals surface area contributed by atoms with Crippen LogP contribution in [0.2, 0.25) is 0 Å². The molecule has 108 valence electrons. The molecule has 2 N–H and O–H groups in total. The van der Waals surface area contributed by atoms with Crippen molar-refractivity contribution in [3.05, 3.63) is 60.4 Å². The Balaban J connectivity index is 1.90. The Bertz CT molecular complexity index is 624. The van der Waals surface area contributed by atoms with E-state index < -0.39 is 11.7 Å². The third-order valence-corrected chi connectivity index (χ3v) is 2.59. The molecule has 2 aromatic rings. The number of carbonyl (C=O) groups is 1. The minimum absolute atomic E-state index is 0.344. The number of aryl methyl sites for hydroxylation is 1. The predicted octanol–water partition coefficient (Wildman–Crippen LogP) is 2.73. The fourth-order valence-corrected chi connectivity index (χ4v) is 1.57. The predicted molar refractivity (Wildman–Crippen MR) is 75.2 cm³/mol. The molecule has 0 atom stereocenters. The Morgan fingerprint density at radius 2 is 1.76 bits per heavy atom. The minimum Gasteiger partial charge on any atom is -0.502 e. The summed E-state index contributed by atoms with van der Waals surface area (Å²) in [6.07, 6.45) is 5.10. The maximum atomic E-state index is 10.4. The van der Waals surface area contributed by atoms with Gasteiger partial charge in [0.05, 0.1) is 12.4 Å². The van der Waals surface area contributed by atoms with Crippen molar-refractivity contribution in [2.45, 2.75) is 12.8 Å². The summed E-state index contributed by atoms with van der Waals surface area (Å²) in [6.45, 7) is 0. The summed E-state index contributed by atoms with van der Waals surface area (Å²) in [5.41, 5.74) is 0. The summed E-state index contributed by atoms with van der Waals surface area (Å²) in [7, 11) is 0. The molecular formula is C15H14N2O4. The fourth-order valence-electron chi connectivity index (χ4n) is 1.57. The third-order valence-electron chi connectivity index (χ3n) is 2.59. The van der Waals surface area contributed by atoms with E-state index >= 15 is 0 Å². The van der Waals surface area contributed by atoms with E-state index in [1.165, 1.54) is 6.08 Å². The molecule has 0 spiro atoms. The van der Waals surface area contributed by atoms with Crippen LogP contribution in [0.3, 0.4) is 0 Å². The normalized spacial score (nSPS) is 11.1. The van der Waals surface area contributed by atoms with E-state index in [9.17, 15) is 4.79 Å². The average molecular weight is 286 g/mol. The number of rotatable bonds is 6. The summed E-state index contributed by atoms with van der Waals surface area (Å²) in [5.74, 6) is -0.247. The molecule has 0 amide bonds. The van der Waals surface area contributed by atoms with Crippen molar-refractivity contribution >= 4 is 5.97 Å². The van der Waals surface area contributed by atoms with Gasteiger partial charge < -0.3 is 14.9 Å². The van der Waals surface area contributed by atoms with Gasteiger partial charge in [0.15, 0.2) is 11.5 Å². The van der Waals surface area contributed by atoms with Gasteiger partial charge in [-0.1, -0.05) is 18.2 Å². The molecule has 0 aliphatic heterocycles. The summed E-state index contributed by atoms with van der Waals surface area (Å²) < 4.78 is 5.55. The lowest BCUT2D eigenvalue weighted by molar-refractivity contribution is -0.135. The lowest BCUT2D eigenvalue weighted by Gasteiger charge is -2.04. The number of nitrogens with zero attached hydrogens (tertiary/aromatic N) is 2. The summed E-state index contributed by atoms with van der Waals surface area (Å²) in [4.78, 5) is 18.6. The lowest BCUT2D eigenvalue weighted by atomic mass is 10.2. The van der Waals surface area contributed by atoms with Gasteiger partial charge in [-0.05, 0) is 24.6 Å². The number of carboxylic acids is 1. The monoisotopic (exact) mass is 286 g/mol. The first kappa shape index (κ1) is 14.5. The van der Waals surface area contributed by atoms with Crippen molar-refractivity contribution in [1.82, 2.24) is 9.97 Å². The SMILES string of the molecule is O=C(O)C(O)=CCCc1ncc(Oc2ccccc2)cn1. The molecule has 0 aliphatic carbocycles. The highest BCUT2D eigenvalue weighted by molar-refractivity contribution is 5.83. The van der Waals surface area contributed by atoms with E-state index in [4.69, 9.17) is 14.9 Å². The van der Waals surface area contributed by atoms with Crippen molar-refractivity contribution < 1.29 is 19.7 Å². The van der Waals surface area contributed by atoms with Crippen LogP contribution < -0.4 is 4.74 Å². The number of aliphatic carboxylic acids is 1. The Morgan fingerprint density at radius 1 is 1.10 bits per heavy atom. The van der Waals surface area contributed by atoms with Crippen molar-refractivity contribution in [3.8, 4) is 11.5 Å². The standard InChI is InChI=1S/C15H14N2O4/c18-13(15(19)20)7-4-8-14-16-9-12(10-17-14)21-11-5-2-1-3-6-11/h1-3,5-7,9-10,18H,4,8H2,(H,19,20). The van der Waals surface area contributed by atoms with Gasteiger partial charge in [-0.3, -0.25) is 0 Å². The number of allylic oxidation sites excluding steroid dienone is 1. The largest absolute Gasteiger partial charge is 0.502 e. The number of carboxylic acid groups (broad SMARTS) is 1. The van der Waals surface area contributed by atoms with Crippen LogP contribution >= 0.6 is 0 Å². The number of benzene rings is 1. The van der Waals surface area contributed by atoms with Crippen LogP contribution in [0.5, 0.6) is 11.5 Å². The third kappa shape index (κ3) is 4.61. The second-order valence-corrected chi connectivity index (χ2v) is 4.18. The smallest absolute Gasteiger partial charge is 0.370 e. The zero-order chi connectivity index (χ0) is 15.1.